The second kappa shape index (κ2) is 4.31. The van der Waals surface area contributed by atoms with Gasteiger partial charge in [0, 0.05) is 13.2 Å². The Balaban J connectivity index is 2.54. The smallest absolute Gasteiger partial charge is 0.191 e. The van der Waals surface area contributed by atoms with Crippen molar-refractivity contribution in [3.63, 3.8) is 0 Å². The van der Waals surface area contributed by atoms with Crippen LogP contribution >= 0.6 is 11.3 Å². The maximum Gasteiger partial charge on any atom is 0.191 e. The van der Waals surface area contributed by atoms with Crippen LogP contribution in [0.3, 0.4) is 0 Å². The number of aromatic nitrogens is 2. The highest BCUT2D eigenvalue weighted by atomic mass is 32.1. The minimum atomic E-state index is -0.524. The van der Waals surface area contributed by atoms with Crippen LogP contribution in [-0.4, -0.2) is 27.3 Å². The number of anilines is 1. The fourth-order valence-corrected chi connectivity index (χ4v) is 2.80. The highest BCUT2D eigenvalue weighted by Crippen LogP contribution is 2.37. The maximum absolute atomic E-state index is 11.6. The first-order chi connectivity index (χ1) is 8.04. The average molecular weight is 251 g/mol. The van der Waals surface area contributed by atoms with Crippen molar-refractivity contribution in [3.8, 4) is 10.6 Å². The van der Waals surface area contributed by atoms with Crippen LogP contribution < -0.4 is 5.73 Å². The van der Waals surface area contributed by atoms with Crippen LogP contribution in [0.5, 0.6) is 0 Å². The third kappa shape index (κ3) is 1.96. The SMILES string of the molecule is Cc1c(-c2ccn(C)n2)sc(N)c1C(=O)CO. The monoisotopic (exact) mass is 251 g/mol. The Morgan fingerprint density at radius 3 is 2.88 bits per heavy atom. The number of thiophene rings is 1. The Hall–Kier alpha value is -1.66. The molecule has 90 valence electrons. The average Bonchev–Trinajstić information content (AvgIpc) is 2.82. The molecule has 0 aliphatic rings. The number of ketones is 1. The van der Waals surface area contributed by atoms with Crippen molar-refractivity contribution in [3.05, 3.63) is 23.4 Å². The van der Waals surface area contributed by atoms with Crippen LogP contribution in [0.4, 0.5) is 5.00 Å². The summed E-state index contributed by atoms with van der Waals surface area (Å²) in [5.74, 6) is -0.349. The van der Waals surface area contributed by atoms with E-state index < -0.39 is 6.61 Å². The van der Waals surface area contributed by atoms with E-state index in [9.17, 15) is 4.79 Å². The fraction of sp³-hybridized carbons (Fsp3) is 0.273. The first-order valence-corrected chi connectivity index (χ1v) is 5.89. The normalized spacial score (nSPS) is 10.8. The Labute approximate surface area is 102 Å². The van der Waals surface area contributed by atoms with Crippen LogP contribution in [-0.2, 0) is 7.05 Å². The molecule has 0 saturated carbocycles. The Morgan fingerprint density at radius 1 is 1.65 bits per heavy atom. The number of rotatable bonds is 3. The van der Waals surface area contributed by atoms with Crippen molar-refractivity contribution in [2.45, 2.75) is 6.92 Å². The molecule has 0 fully saturated rings. The van der Waals surface area contributed by atoms with E-state index in [4.69, 9.17) is 10.8 Å². The summed E-state index contributed by atoms with van der Waals surface area (Å²) in [6, 6.07) is 1.87. The quantitative estimate of drug-likeness (QED) is 0.803. The van der Waals surface area contributed by atoms with Gasteiger partial charge in [-0.05, 0) is 18.6 Å². The van der Waals surface area contributed by atoms with Gasteiger partial charge in [-0.15, -0.1) is 11.3 Å². The van der Waals surface area contributed by atoms with E-state index in [0.717, 1.165) is 16.1 Å². The van der Waals surface area contributed by atoms with Gasteiger partial charge in [-0.25, -0.2) is 0 Å². The fourth-order valence-electron chi connectivity index (χ4n) is 1.74. The number of hydrogen-bond acceptors (Lipinski definition) is 5. The van der Waals surface area contributed by atoms with Crippen molar-refractivity contribution in [1.29, 1.82) is 0 Å². The van der Waals surface area contributed by atoms with Crippen molar-refractivity contribution >= 4 is 22.1 Å². The third-order valence-electron chi connectivity index (χ3n) is 2.54. The number of hydrogen-bond donors (Lipinski definition) is 2. The molecule has 0 radical (unpaired) electrons. The maximum atomic E-state index is 11.6. The van der Waals surface area contributed by atoms with Gasteiger partial charge in [0.15, 0.2) is 5.78 Å². The summed E-state index contributed by atoms with van der Waals surface area (Å²) in [4.78, 5) is 12.4. The molecule has 0 saturated heterocycles. The number of nitrogens with two attached hydrogens (primary N) is 1. The molecule has 0 unspecified atom stereocenters. The Morgan fingerprint density at radius 2 is 2.35 bits per heavy atom. The number of carbonyl (C=O) groups excluding carboxylic acids is 1. The molecule has 0 aliphatic carbocycles. The molecular formula is C11H13N3O2S. The summed E-state index contributed by atoms with van der Waals surface area (Å²) in [7, 11) is 1.83. The van der Waals surface area contributed by atoms with Crippen LogP contribution in [0, 0.1) is 6.92 Å². The zero-order valence-corrected chi connectivity index (χ0v) is 10.4. The van der Waals surface area contributed by atoms with E-state index in [-0.39, 0.29) is 5.78 Å². The minimum absolute atomic E-state index is 0.349. The van der Waals surface area contributed by atoms with E-state index in [2.05, 4.69) is 5.10 Å². The molecule has 2 heterocycles. The van der Waals surface area contributed by atoms with Gasteiger partial charge in [0.1, 0.15) is 12.3 Å². The summed E-state index contributed by atoms with van der Waals surface area (Å²) in [6.07, 6.45) is 1.83. The second-order valence-corrected chi connectivity index (χ2v) is 4.80. The predicted molar refractivity (Wildman–Crippen MR) is 67.1 cm³/mol. The molecule has 0 bridgehead atoms. The van der Waals surface area contributed by atoms with Crippen LogP contribution in [0.1, 0.15) is 15.9 Å². The summed E-state index contributed by atoms with van der Waals surface area (Å²) >= 11 is 1.32. The molecule has 2 aromatic heterocycles. The summed E-state index contributed by atoms with van der Waals surface area (Å²) in [5, 5.41) is 13.6. The zero-order valence-electron chi connectivity index (χ0n) is 9.60. The lowest BCUT2D eigenvalue weighted by atomic mass is 10.1. The molecule has 6 heteroatoms. The van der Waals surface area contributed by atoms with E-state index >= 15 is 0 Å². The van der Waals surface area contributed by atoms with Crippen molar-refractivity contribution in [2.24, 2.45) is 7.05 Å². The largest absolute Gasteiger partial charge is 0.390 e. The summed E-state index contributed by atoms with van der Waals surface area (Å²) < 4.78 is 1.69. The highest BCUT2D eigenvalue weighted by molar-refractivity contribution is 7.19. The van der Waals surface area contributed by atoms with Gasteiger partial charge >= 0.3 is 0 Å². The van der Waals surface area contributed by atoms with Crippen LogP contribution in [0.2, 0.25) is 0 Å². The van der Waals surface area contributed by atoms with E-state index in [1.165, 1.54) is 11.3 Å². The number of aliphatic hydroxyl groups excluding tert-OH is 1. The van der Waals surface area contributed by atoms with Crippen LogP contribution in [0.15, 0.2) is 12.3 Å². The summed E-state index contributed by atoms with van der Waals surface area (Å²) in [5.41, 5.74) is 7.80. The number of Topliss-reactive ketones (excluding diaryl/α,β-unsaturated/α-hetero) is 1. The molecule has 2 rings (SSSR count). The third-order valence-corrected chi connectivity index (χ3v) is 3.69. The molecule has 2 aromatic rings. The standard InChI is InChI=1S/C11H13N3O2S/c1-6-9(8(16)5-15)11(12)17-10(6)7-3-4-14(2)13-7/h3-4,15H,5,12H2,1-2H3. The minimum Gasteiger partial charge on any atom is -0.390 e. The van der Waals surface area contributed by atoms with Gasteiger partial charge in [0.05, 0.1) is 15.4 Å². The van der Waals surface area contributed by atoms with E-state index in [0.29, 0.717) is 10.6 Å². The van der Waals surface area contributed by atoms with Gasteiger partial charge in [-0.1, -0.05) is 0 Å². The van der Waals surface area contributed by atoms with Crippen molar-refractivity contribution < 1.29 is 9.90 Å². The lowest BCUT2D eigenvalue weighted by Crippen LogP contribution is -2.07. The first kappa shape index (κ1) is 11.8. The lowest BCUT2D eigenvalue weighted by Gasteiger charge is -1.98. The molecule has 5 nitrogen and oxygen atoms in total. The second-order valence-electron chi connectivity index (χ2n) is 3.75. The molecule has 3 N–H and O–H groups in total. The zero-order chi connectivity index (χ0) is 12.6. The molecule has 0 amide bonds. The molecule has 17 heavy (non-hydrogen) atoms. The number of nitrogen functional groups attached to an aromatic ring is 1. The van der Waals surface area contributed by atoms with Crippen molar-refractivity contribution in [1.82, 2.24) is 9.78 Å². The number of aliphatic hydroxyl groups is 1. The van der Waals surface area contributed by atoms with Crippen LogP contribution in [0.25, 0.3) is 10.6 Å². The predicted octanol–water partition coefficient (Wildman–Crippen LogP) is 1.21. The van der Waals surface area contributed by atoms with Gasteiger partial charge in [-0.3, -0.25) is 9.48 Å². The topological polar surface area (TPSA) is 81.1 Å². The Bertz CT molecular complexity index is 571. The van der Waals surface area contributed by atoms with Gasteiger partial charge in [0.25, 0.3) is 0 Å². The number of carbonyl (C=O) groups is 1. The molecule has 0 spiro atoms. The van der Waals surface area contributed by atoms with Gasteiger partial charge in [0.2, 0.25) is 0 Å². The lowest BCUT2D eigenvalue weighted by molar-refractivity contribution is 0.0904. The van der Waals surface area contributed by atoms with Gasteiger partial charge < -0.3 is 10.8 Å². The highest BCUT2D eigenvalue weighted by Gasteiger charge is 2.20. The van der Waals surface area contributed by atoms with Crippen molar-refractivity contribution in [2.75, 3.05) is 12.3 Å². The first-order valence-electron chi connectivity index (χ1n) is 5.07. The summed E-state index contributed by atoms with van der Waals surface area (Å²) in [6.45, 7) is 1.29. The molecule has 0 aromatic carbocycles. The molecular weight excluding hydrogens is 238 g/mol. The Kier molecular flexibility index (Phi) is 2.99. The number of aryl methyl sites for hydroxylation is 1. The van der Waals surface area contributed by atoms with E-state index in [1.807, 2.05) is 26.2 Å². The number of nitrogens with zero attached hydrogens (tertiary/aromatic N) is 2. The van der Waals surface area contributed by atoms with Gasteiger partial charge in [-0.2, -0.15) is 5.10 Å². The molecule has 0 aliphatic heterocycles. The van der Waals surface area contributed by atoms with E-state index in [1.54, 1.807) is 4.68 Å². The molecule has 0 atom stereocenters.